The fourth-order valence-corrected chi connectivity index (χ4v) is 3.32. The molecule has 0 aliphatic carbocycles. The molecule has 1 aromatic heterocycles. The molecule has 0 bridgehead atoms. The monoisotopic (exact) mass is 471 g/mol. The fraction of sp³-hybridized carbons (Fsp3) is 0.267. The van der Waals surface area contributed by atoms with Crippen LogP contribution in [0.4, 0.5) is 0 Å². The maximum absolute atomic E-state index is 4.22. The zero-order chi connectivity index (χ0) is 13.1. The van der Waals surface area contributed by atoms with Gasteiger partial charge >= 0.3 is 0 Å². The van der Waals surface area contributed by atoms with Crippen LogP contribution in [0.15, 0.2) is 48.7 Å². The van der Waals surface area contributed by atoms with Crippen molar-refractivity contribution in [2.75, 3.05) is 25.7 Å². The van der Waals surface area contributed by atoms with Crippen LogP contribution in [0.5, 0.6) is 0 Å². The SMILES string of the molecule is CPCCPC.[Pt].[c-]1ccccc1-c1ccccn1. The second-order valence-corrected chi connectivity index (χ2v) is 6.11. The van der Waals surface area contributed by atoms with Gasteiger partial charge < -0.3 is 4.98 Å². The summed E-state index contributed by atoms with van der Waals surface area (Å²) in [5.74, 6) is 0. The molecule has 0 spiro atoms. The van der Waals surface area contributed by atoms with Crippen LogP contribution in [-0.2, 0) is 21.1 Å². The van der Waals surface area contributed by atoms with Crippen LogP contribution in [0.25, 0.3) is 11.3 Å². The van der Waals surface area contributed by atoms with Crippen LogP contribution >= 0.6 is 17.2 Å². The largest absolute Gasteiger partial charge is 0.305 e. The summed E-state index contributed by atoms with van der Waals surface area (Å²) in [4.78, 5) is 4.22. The Morgan fingerprint density at radius 1 is 1.00 bits per heavy atom. The molecule has 2 unspecified atom stereocenters. The molecule has 0 N–H and O–H groups in total. The normalized spacial score (nSPS) is 10.2. The molecule has 1 aromatic carbocycles. The Hall–Kier alpha value is -0.0817. The summed E-state index contributed by atoms with van der Waals surface area (Å²) in [5, 5.41) is 0. The third kappa shape index (κ3) is 8.64. The Labute approximate surface area is 134 Å². The van der Waals surface area contributed by atoms with Gasteiger partial charge in [-0.15, -0.1) is 53.1 Å². The van der Waals surface area contributed by atoms with Crippen molar-refractivity contribution in [2.45, 2.75) is 0 Å². The summed E-state index contributed by atoms with van der Waals surface area (Å²) in [5.41, 5.74) is 2.01. The molecule has 2 rings (SSSR count). The van der Waals surface area contributed by atoms with E-state index in [1.165, 1.54) is 29.5 Å². The molecule has 0 saturated carbocycles. The Bertz CT molecular complexity index is 368. The zero-order valence-electron chi connectivity index (χ0n) is 11.3. The van der Waals surface area contributed by atoms with Crippen molar-refractivity contribution in [1.29, 1.82) is 0 Å². The Balaban J connectivity index is 0.000000404. The van der Waals surface area contributed by atoms with Gasteiger partial charge in [0.25, 0.3) is 0 Å². The molecule has 106 valence electrons. The Morgan fingerprint density at radius 2 is 1.68 bits per heavy atom. The van der Waals surface area contributed by atoms with Gasteiger partial charge in [0.2, 0.25) is 0 Å². The van der Waals surface area contributed by atoms with E-state index < -0.39 is 0 Å². The van der Waals surface area contributed by atoms with E-state index in [0.29, 0.717) is 0 Å². The van der Waals surface area contributed by atoms with E-state index in [9.17, 15) is 0 Å². The zero-order valence-corrected chi connectivity index (χ0v) is 15.6. The minimum atomic E-state index is 0. The Kier molecular flexibility index (Phi) is 12.9. The van der Waals surface area contributed by atoms with Crippen LogP contribution < -0.4 is 0 Å². The Morgan fingerprint density at radius 3 is 2.16 bits per heavy atom. The van der Waals surface area contributed by atoms with Gasteiger partial charge in [-0.05, 0) is 37.4 Å². The van der Waals surface area contributed by atoms with Crippen molar-refractivity contribution in [3.8, 4) is 11.3 Å². The average molecular weight is 471 g/mol. The van der Waals surface area contributed by atoms with Gasteiger partial charge in [-0.1, -0.05) is 12.1 Å². The number of hydrogen-bond donors (Lipinski definition) is 0. The minimum absolute atomic E-state index is 0. The average Bonchev–Trinajstić information content (AvgIpc) is 2.48. The summed E-state index contributed by atoms with van der Waals surface area (Å²) in [6, 6.07) is 16.8. The van der Waals surface area contributed by atoms with Gasteiger partial charge in [-0.25, -0.2) is 0 Å². The molecular weight excluding hydrogens is 451 g/mol. The van der Waals surface area contributed by atoms with Gasteiger partial charge in [-0.3, -0.25) is 0 Å². The van der Waals surface area contributed by atoms with Crippen LogP contribution in [0.3, 0.4) is 0 Å². The summed E-state index contributed by atoms with van der Waals surface area (Å²) >= 11 is 0. The molecule has 0 amide bonds. The topological polar surface area (TPSA) is 12.9 Å². The van der Waals surface area contributed by atoms with Gasteiger partial charge in [-0.2, -0.15) is 0 Å². The molecule has 1 nitrogen and oxygen atoms in total. The number of benzene rings is 1. The summed E-state index contributed by atoms with van der Waals surface area (Å²) in [7, 11) is 2.34. The molecule has 19 heavy (non-hydrogen) atoms. The van der Waals surface area contributed by atoms with Gasteiger partial charge in [0.15, 0.2) is 0 Å². The van der Waals surface area contributed by atoms with Crippen molar-refractivity contribution in [3.63, 3.8) is 0 Å². The van der Waals surface area contributed by atoms with Crippen molar-refractivity contribution in [1.82, 2.24) is 4.98 Å². The number of hydrogen-bond acceptors (Lipinski definition) is 1. The summed E-state index contributed by atoms with van der Waals surface area (Å²) in [6.07, 6.45) is 4.69. The molecular formula is C15H20NP2Pt-. The number of rotatable bonds is 4. The second kappa shape index (κ2) is 12.9. The standard InChI is InChI=1S/C11H8N.C4H12P2.Pt/c1-2-6-10(7-3-1)11-8-4-5-9-12-11;1-5-3-4-6-2;/h1-6,8-9H;5-6H,3-4H2,1-2H3;/q-1;;. The summed E-state index contributed by atoms with van der Waals surface area (Å²) < 4.78 is 0. The number of aromatic nitrogens is 1. The predicted molar refractivity (Wildman–Crippen MR) is 86.7 cm³/mol. The van der Waals surface area contributed by atoms with E-state index >= 15 is 0 Å². The third-order valence-electron chi connectivity index (χ3n) is 2.27. The van der Waals surface area contributed by atoms with Gasteiger partial charge in [0.05, 0.1) is 0 Å². The minimum Gasteiger partial charge on any atom is -0.305 e. The molecule has 0 aliphatic rings. The molecule has 0 aliphatic heterocycles. The van der Waals surface area contributed by atoms with Crippen molar-refractivity contribution >= 4 is 17.2 Å². The molecule has 1 heterocycles. The van der Waals surface area contributed by atoms with E-state index in [1.807, 2.05) is 42.5 Å². The van der Waals surface area contributed by atoms with Crippen LogP contribution in [0.2, 0.25) is 0 Å². The van der Waals surface area contributed by atoms with Crippen LogP contribution in [0.1, 0.15) is 0 Å². The molecule has 0 fully saturated rings. The smallest absolute Gasteiger partial charge is 0.0160 e. The first kappa shape index (κ1) is 18.9. The molecule has 2 aromatic rings. The fourth-order valence-electron chi connectivity index (χ4n) is 1.32. The van der Waals surface area contributed by atoms with E-state index in [-0.39, 0.29) is 21.1 Å². The van der Waals surface area contributed by atoms with Gasteiger partial charge in [0, 0.05) is 27.3 Å². The first-order chi connectivity index (χ1) is 8.88. The van der Waals surface area contributed by atoms with E-state index in [1.54, 1.807) is 6.20 Å². The van der Waals surface area contributed by atoms with E-state index in [2.05, 4.69) is 24.4 Å². The quantitative estimate of drug-likeness (QED) is 0.371. The van der Waals surface area contributed by atoms with Crippen molar-refractivity contribution in [2.24, 2.45) is 0 Å². The molecule has 2 atom stereocenters. The number of nitrogens with zero attached hydrogens (tertiary/aromatic N) is 1. The molecule has 4 heteroatoms. The first-order valence-corrected chi connectivity index (χ1v) is 9.47. The summed E-state index contributed by atoms with van der Waals surface area (Å²) in [6.45, 7) is 4.53. The predicted octanol–water partition coefficient (Wildman–Crippen LogP) is 4.15. The van der Waals surface area contributed by atoms with Crippen molar-refractivity contribution < 1.29 is 21.1 Å². The number of pyridine rings is 1. The third-order valence-corrected chi connectivity index (χ3v) is 4.27. The molecule has 0 saturated heterocycles. The van der Waals surface area contributed by atoms with Gasteiger partial charge in [0.1, 0.15) is 0 Å². The first-order valence-electron chi connectivity index (χ1n) is 6.05. The van der Waals surface area contributed by atoms with Crippen molar-refractivity contribution in [3.05, 3.63) is 54.7 Å². The molecule has 0 radical (unpaired) electrons. The second-order valence-electron chi connectivity index (χ2n) is 3.70. The van der Waals surface area contributed by atoms with Crippen LogP contribution in [0, 0.1) is 6.07 Å². The van der Waals surface area contributed by atoms with Crippen LogP contribution in [-0.4, -0.2) is 30.6 Å². The maximum Gasteiger partial charge on any atom is 0.0160 e. The maximum atomic E-state index is 4.22. The van der Waals surface area contributed by atoms with E-state index in [0.717, 1.165) is 11.3 Å². The van der Waals surface area contributed by atoms with E-state index in [4.69, 9.17) is 0 Å².